The zero-order valence-corrected chi connectivity index (χ0v) is 9.48. The largest absolute Gasteiger partial charge is 0.467 e. The molecule has 0 aliphatic heterocycles. The molecule has 2 amide bonds. The van der Waals surface area contributed by atoms with E-state index in [-0.39, 0.29) is 24.6 Å². The van der Waals surface area contributed by atoms with Crippen molar-refractivity contribution in [2.24, 2.45) is 5.73 Å². The van der Waals surface area contributed by atoms with Gasteiger partial charge in [-0.05, 0) is 31.4 Å². The number of urea groups is 1. The fourth-order valence-corrected chi connectivity index (χ4v) is 1.63. The predicted molar refractivity (Wildman–Crippen MR) is 62.3 cm³/mol. The van der Waals surface area contributed by atoms with Crippen molar-refractivity contribution in [2.75, 3.05) is 0 Å². The Hall–Kier alpha value is -1.98. The molecule has 4 N–H and O–H groups in total. The second-order valence-corrected chi connectivity index (χ2v) is 4.13. The van der Waals surface area contributed by atoms with Gasteiger partial charge in [0.15, 0.2) is 5.96 Å². The summed E-state index contributed by atoms with van der Waals surface area (Å²) in [6.45, 7) is 0.181. The van der Waals surface area contributed by atoms with E-state index in [1.807, 2.05) is 0 Å². The van der Waals surface area contributed by atoms with Crippen LogP contribution in [0.2, 0.25) is 0 Å². The molecule has 0 radical (unpaired) electrons. The van der Waals surface area contributed by atoms with Crippen molar-refractivity contribution >= 4 is 12.0 Å². The maximum Gasteiger partial charge on any atom is 0.324 e. The van der Waals surface area contributed by atoms with Gasteiger partial charge in [-0.2, -0.15) is 0 Å². The molecule has 1 aliphatic rings. The van der Waals surface area contributed by atoms with E-state index in [1.54, 1.807) is 12.1 Å². The number of hydrogen-bond donors (Lipinski definition) is 3. The molecular formula is C11H16N4O2. The van der Waals surface area contributed by atoms with E-state index in [0.29, 0.717) is 5.76 Å². The lowest BCUT2D eigenvalue weighted by atomic mass is 9.93. The van der Waals surface area contributed by atoms with Gasteiger partial charge in [0, 0.05) is 6.04 Å². The van der Waals surface area contributed by atoms with Crippen LogP contribution in [-0.4, -0.2) is 22.9 Å². The Balaban J connectivity index is 1.95. The SMILES string of the molecule is N=C(N)N(Cc1ccco1)C(=O)NC1CCC1. The Bertz CT molecular complexity index is 398. The minimum Gasteiger partial charge on any atom is -0.467 e. The Morgan fingerprint density at radius 2 is 2.41 bits per heavy atom. The number of amides is 2. The summed E-state index contributed by atoms with van der Waals surface area (Å²) in [7, 11) is 0. The molecular weight excluding hydrogens is 220 g/mol. The van der Waals surface area contributed by atoms with Crippen LogP contribution in [0, 0.1) is 5.41 Å². The zero-order chi connectivity index (χ0) is 12.3. The first-order valence-electron chi connectivity index (χ1n) is 5.61. The Kier molecular flexibility index (Phi) is 3.32. The third-order valence-electron chi connectivity index (χ3n) is 2.86. The van der Waals surface area contributed by atoms with Crippen molar-refractivity contribution < 1.29 is 9.21 Å². The maximum absolute atomic E-state index is 11.9. The third kappa shape index (κ3) is 2.77. The van der Waals surface area contributed by atoms with E-state index >= 15 is 0 Å². The number of hydrogen-bond acceptors (Lipinski definition) is 3. The van der Waals surface area contributed by atoms with Crippen molar-refractivity contribution in [3.05, 3.63) is 24.2 Å². The topological polar surface area (TPSA) is 95.3 Å². The van der Waals surface area contributed by atoms with Crippen molar-refractivity contribution in [3.8, 4) is 0 Å². The van der Waals surface area contributed by atoms with Gasteiger partial charge >= 0.3 is 6.03 Å². The van der Waals surface area contributed by atoms with Crippen LogP contribution in [0.25, 0.3) is 0 Å². The van der Waals surface area contributed by atoms with Gasteiger partial charge in [0.2, 0.25) is 0 Å². The molecule has 2 rings (SSSR count). The number of rotatable bonds is 3. The van der Waals surface area contributed by atoms with Gasteiger partial charge in [0.25, 0.3) is 0 Å². The summed E-state index contributed by atoms with van der Waals surface area (Å²) in [5, 5.41) is 10.2. The average Bonchev–Trinajstić information content (AvgIpc) is 2.72. The highest BCUT2D eigenvalue weighted by atomic mass is 16.3. The van der Waals surface area contributed by atoms with E-state index in [1.165, 1.54) is 6.26 Å². The molecule has 0 unspecified atom stereocenters. The average molecular weight is 236 g/mol. The normalized spacial score (nSPS) is 15.1. The first kappa shape index (κ1) is 11.5. The van der Waals surface area contributed by atoms with Crippen LogP contribution in [0.3, 0.4) is 0 Å². The quantitative estimate of drug-likeness (QED) is 0.544. The molecule has 17 heavy (non-hydrogen) atoms. The summed E-state index contributed by atoms with van der Waals surface area (Å²) in [6.07, 6.45) is 4.66. The molecule has 1 aromatic heterocycles. The molecule has 0 aromatic carbocycles. The molecule has 6 nitrogen and oxygen atoms in total. The van der Waals surface area contributed by atoms with Gasteiger partial charge in [-0.25, -0.2) is 4.79 Å². The molecule has 1 aliphatic carbocycles. The summed E-state index contributed by atoms with van der Waals surface area (Å²) in [5.74, 6) is 0.321. The summed E-state index contributed by atoms with van der Waals surface area (Å²) >= 11 is 0. The lowest BCUT2D eigenvalue weighted by Crippen LogP contribution is -2.50. The van der Waals surface area contributed by atoms with Crippen molar-refractivity contribution in [3.63, 3.8) is 0 Å². The van der Waals surface area contributed by atoms with E-state index in [2.05, 4.69) is 5.32 Å². The van der Waals surface area contributed by atoms with Crippen LogP contribution >= 0.6 is 0 Å². The van der Waals surface area contributed by atoms with Crippen LogP contribution in [0.1, 0.15) is 25.0 Å². The Morgan fingerprint density at radius 3 is 2.88 bits per heavy atom. The Labute approximate surface area is 99.3 Å². The second-order valence-electron chi connectivity index (χ2n) is 4.13. The number of carbonyl (C=O) groups is 1. The van der Waals surface area contributed by atoms with Crippen molar-refractivity contribution in [2.45, 2.75) is 31.8 Å². The third-order valence-corrected chi connectivity index (χ3v) is 2.86. The smallest absolute Gasteiger partial charge is 0.324 e. The monoisotopic (exact) mass is 236 g/mol. The van der Waals surface area contributed by atoms with Gasteiger partial charge in [0.05, 0.1) is 12.8 Å². The molecule has 6 heteroatoms. The Morgan fingerprint density at radius 1 is 1.65 bits per heavy atom. The minimum absolute atomic E-state index is 0.181. The summed E-state index contributed by atoms with van der Waals surface area (Å²) in [6, 6.07) is 3.36. The molecule has 1 saturated carbocycles. The molecule has 0 bridgehead atoms. The van der Waals surface area contributed by atoms with Crippen molar-refractivity contribution in [1.82, 2.24) is 10.2 Å². The van der Waals surface area contributed by atoms with Gasteiger partial charge in [-0.15, -0.1) is 0 Å². The van der Waals surface area contributed by atoms with E-state index in [9.17, 15) is 4.79 Å². The van der Waals surface area contributed by atoms with Gasteiger partial charge < -0.3 is 15.5 Å². The number of nitrogens with one attached hydrogen (secondary N) is 2. The summed E-state index contributed by atoms with van der Waals surface area (Å²) in [4.78, 5) is 13.0. The molecule has 1 heterocycles. The van der Waals surface area contributed by atoms with E-state index < -0.39 is 0 Å². The lowest BCUT2D eigenvalue weighted by Gasteiger charge is -2.29. The fourth-order valence-electron chi connectivity index (χ4n) is 1.63. The number of furan rings is 1. The highest BCUT2D eigenvalue weighted by molar-refractivity contribution is 5.93. The summed E-state index contributed by atoms with van der Waals surface area (Å²) < 4.78 is 5.14. The van der Waals surface area contributed by atoms with Crippen LogP contribution in [0.4, 0.5) is 4.79 Å². The van der Waals surface area contributed by atoms with Crippen LogP contribution in [0.5, 0.6) is 0 Å². The van der Waals surface area contributed by atoms with Crippen molar-refractivity contribution in [1.29, 1.82) is 5.41 Å². The van der Waals surface area contributed by atoms with Crippen LogP contribution < -0.4 is 11.1 Å². The van der Waals surface area contributed by atoms with Crippen LogP contribution in [-0.2, 0) is 6.54 Å². The molecule has 1 aromatic rings. The maximum atomic E-state index is 11.9. The first-order valence-corrected chi connectivity index (χ1v) is 5.61. The first-order chi connectivity index (χ1) is 8.16. The molecule has 0 saturated heterocycles. The zero-order valence-electron chi connectivity index (χ0n) is 9.48. The van der Waals surface area contributed by atoms with Gasteiger partial charge in [-0.1, -0.05) is 0 Å². The number of guanidine groups is 1. The molecule has 1 fully saturated rings. The lowest BCUT2D eigenvalue weighted by molar-refractivity contribution is 0.203. The fraction of sp³-hybridized carbons (Fsp3) is 0.455. The number of nitrogens with zero attached hydrogens (tertiary/aromatic N) is 1. The summed E-state index contributed by atoms with van der Waals surface area (Å²) in [5.41, 5.74) is 5.40. The number of nitrogens with two attached hydrogens (primary N) is 1. The van der Waals surface area contributed by atoms with Crippen LogP contribution in [0.15, 0.2) is 22.8 Å². The second kappa shape index (κ2) is 4.90. The predicted octanol–water partition coefficient (Wildman–Crippen LogP) is 1.24. The minimum atomic E-state index is -0.335. The standard InChI is InChI=1S/C11H16N4O2/c12-10(13)15(7-9-5-2-6-17-9)11(16)14-8-3-1-4-8/h2,5-6,8H,1,3-4,7H2,(H3,12,13)(H,14,16). The number of carbonyl (C=O) groups excluding carboxylic acids is 1. The van der Waals surface area contributed by atoms with Gasteiger partial charge in [0.1, 0.15) is 5.76 Å². The van der Waals surface area contributed by atoms with Gasteiger partial charge in [-0.3, -0.25) is 10.3 Å². The van der Waals surface area contributed by atoms with E-state index in [0.717, 1.165) is 24.2 Å². The highest BCUT2D eigenvalue weighted by Crippen LogP contribution is 2.18. The highest BCUT2D eigenvalue weighted by Gasteiger charge is 2.24. The molecule has 0 atom stereocenters. The molecule has 0 spiro atoms. The van der Waals surface area contributed by atoms with E-state index in [4.69, 9.17) is 15.6 Å². The molecule has 92 valence electrons.